The van der Waals surface area contributed by atoms with E-state index in [1.165, 1.54) is 12.5 Å². The van der Waals surface area contributed by atoms with Crippen LogP contribution in [-0.2, 0) is 10.0 Å². The second-order valence-electron chi connectivity index (χ2n) is 3.28. The summed E-state index contributed by atoms with van der Waals surface area (Å²) in [6.45, 7) is 3.26. The summed E-state index contributed by atoms with van der Waals surface area (Å²) in [6, 6.07) is 0. The zero-order valence-corrected chi connectivity index (χ0v) is 9.50. The third-order valence-electron chi connectivity index (χ3n) is 2.01. The summed E-state index contributed by atoms with van der Waals surface area (Å²) in [5.41, 5.74) is 1.18. The highest BCUT2D eigenvalue weighted by molar-refractivity contribution is 7.92. The Morgan fingerprint density at radius 3 is 2.69 bits per heavy atom. The highest BCUT2D eigenvalue weighted by atomic mass is 32.2. The average molecular weight is 242 g/mol. The van der Waals surface area contributed by atoms with E-state index in [0.717, 1.165) is 0 Å². The van der Waals surface area contributed by atoms with Gasteiger partial charge >= 0.3 is 0 Å². The van der Waals surface area contributed by atoms with Gasteiger partial charge in [-0.05, 0) is 13.8 Å². The summed E-state index contributed by atoms with van der Waals surface area (Å²) >= 11 is 0. The van der Waals surface area contributed by atoms with Crippen LogP contribution >= 0.6 is 0 Å². The SMILES string of the molecule is Cc1n[nH]c(C)c1S(=O)(=O)Nc1cnoc1. The molecule has 0 radical (unpaired) electrons. The Kier molecular flexibility index (Phi) is 2.43. The molecule has 0 aliphatic heterocycles. The number of nitrogens with one attached hydrogen (secondary N) is 2. The van der Waals surface area contributed by atoms with E-state index in [0.29, 0.717) is 11.4 Å². The molecule has 2 aromatic rings. The zero-order chi connectivity index (χ0) is 11.8. The Hall–Kier alpha value is -1.83. The molecule has 2 aromatic heterocycles. The number of hydrogen-bond acceptors (Lipinski definition) is 5. The van der Waals surface area contributed by atoms with Gasteiger partial charge in [0.1, 0.15) is 16.8 Å². The van der Waals surface area contributed by atoms with Crippen molar-refractivity contribution >= 4 is 15.7 Å². The third-order valence-corrected chi connectivity index (χ3v) is 3.66. The van der Waals surface area contributed by atoms with Crippen LogP contribution in [0.25, 0.3) is 0 Å². The van der Waals surface area contributed by atoms with Gasteiger partial charge in [-0.2, -0.15) is 5.10 Å². The van der Waals surface area contributed by atoms with Gasteiger partial charge in [0.05, 0.1) is 17.6 Å². The lowest BCUT2D eigenvalue weighted by Gasteiger charge is -2.04. The summed E-state index contributed by atoms with van der Waals surface area (Å²) < 4.78 is 30.8. The minimum atomic E-state index is -3.64. The Morgan fingerprint density at radius 2 is 2.19 bits per heavy atom. The van der Waals surface area contributed by atoms with E-state index in [9.17, 15) is 8.42 Å². The number of aromatic amines is 1. The number of hydrogen-bond donors (Lipinski definition) is 2. The molecule has 0 saturated carbocycles. The van der Waals surface area contributed by atoms with Crippen LogP contribution in [0.5, 0.6) is 0 Å². The molecular formula is C8H10N4O3S. The Balaban J connectivity index is 2.40. The smallest absolute Gasteiger partial charge is 0.265 e. The minimum Gasteiger partial charge on any atom is -0.362 e. The lowest BCUT2D eigenvalue weighted by Crippen LogP contribution is -2.14. The fourth-order valence-corrected chi connectivity index (χ4v) is 2.79. The lowest BCUT2D eigenvalue weighted by atomic mass is 10.4. The summed E-state index contributed by atoms with van der Waals surface area (Å²) in [5.74, 6) is 0. The first-order valence-electron chi connectivity index (χ1n) is 4.44. The number of aromatic nitrogens is 3. The number of rotatable bonds is 3. The molecule has 0 bridgehead atoms. The van der Waals surface area contributed by atoms with Crippen LogP contribution in [0, 0.1) is 13.8 Å². The molecule has 2 rings (SSSR count). The van der Waals surface area contributed by atoms with E-state index in [2.05, 4.69) is 24.6 Å². The monoisotopic (exact) mass is 242 g/mol. The molecule has 0 unspecified atom stereocenters. The van der Waals surface area contributed by atoms with Gasteiger partial charge < -0.3 is 4.52 Å². The number of anilines is 1. The fraction of sp³-hybridized carbons (Fsp3) is 0.250. The standard InChI is InChI=1S/C8H10N4O3S/c1-5-8(6(2)11-10-5)16(13,14)12-7-3-9-15-4-7/h3-4,12H,1-2H3,(H,10,11). The van der Waals surface area contributed by atoms with E-state index >= 15 is 0 Å². The molecule has 0 saturated heterocycles. The van der Waals surface area contributed by atoms with Crippen LogP contribution < -0.4 is 4.72 Å². The molecule has 0 aliphatic carbocycles. The molecule has 0 fully saturated rings. The van der Waals surface area contributed by atoms with Crippen molar-refractivity contribution in [2.24, 2.45) is 0 Å². The molecule has 86 valence electrons. The van der Waals surface area contributed by atoms with Gasteiger partial charge in [-0.15, -0.1) is 0 Å². The molecule has 0 aromatic carbocycles. The van der Waals surface area contributed by atoms with E-state index in [1.807, 2.05) is 0 Å². The minimum absolute atomic E-state index is 0.147. The lowest BCUT2D eigenvalue weighted by molar-refractivity contribution is 0.420. The molecule has 2 heterocycles. The second kappa shape index (κ2) is 3.63. The second-order valence-corrected chi connectivity index (χ2v) is 4.90. The molecular weight excluding hydrogens is 232 g/mol. The number of sulfonamides is 1. The predicted octanol–water partition coefficient (Wildman–Crippen LogP) is 0.815. The first-order valence-corrected chi connectivity index (χ1v) is 5.93. The van der Waals surface area contributed by atoms with Crippen LogP contribution in [0.2, 0.25) is 0 Å². The van der Waals surface area contributed by atoms with Gasteiger partial charge in [-0.1, -0.05) is 5.16 Å². The van der Waals surface area contributed by atoms with Crippen molar-refractivity contribution in [2.45, 2.75) is 18.7 Å². The largest absolute Gasteiger partial charge is 0.362 e. The molecule has 0 atom stereocenters. The molecule has 16 heavy (non-hydrogen) atoms. The van der Waals surface area contributed by atoms with Crippen molar-refractivity contribution in [1.82, 2.24) is 15.4 Å². The number of aryl methyl sites for hydroxylation is 2. The first kappa shape index (κ1) is 10.7. The predicted molar refractivity (Wildman–Crippen MR) is 55.4 cm³/mol. The highest BCUT2D eigenvalue weighted by Crippen LogP contribution is 2.20. The van der Waals surface area contributed by atoms with Gasteiger partial charge in [-0.3, -0.25) is 9.82 Å². The van der Waals surface area contributed by atoms with Crippen LogP contribution in [-0.4, -0.2) is 23.8 Å². The molecule has 0 spiro atoms. The maximum Gasteiger partial charge on any atom is 0.265 e. The Morgan fingerprint density at radius 1 is 1.44 bits per heavy atom. The average Bonchev–Trinajstić information content (AvgIpc) is 2.76. The van der Waals surface area contributed by atoms with Crippen molar-refractivity contribution < 1.29 is 12.9 Å². The summed E-state index contributed by atoms with van der Waals surface area (Å²) in [5, 5.41) is 9.85. The Labute approximate surface area is 91.9 Å². The van der Waals surface area contributed by atoms with Gasteiger partial charge in [-0.25, -0.2) is 8.42 Å². The fourth-order valence-electron chi connectivity index (χ4n) is 1.40. The van der Waals surface area contributed by atoms with Gasteiger partial charge in [0.15, 0.2) is 0 Å². The van der Waals surface area contributed by atoms with Crippen LogP contribution in [0.15, 0.2) is 21.9 Å². The molecule has 8 heteroatoms. The number of H-pyrrole nitrogens is 1. The van der Waals surface area contributed by atoms with Crippen molar-refractivity contribution in [2.75, 3.05) is 4.72 Å². The highest BCUT2D eigenvalue weighted by Gasteiger charge is 2.22. The van der Waals surface area contributed by atoms with E-state index < -0.39 is 10.0 Å². The van der Waals surface area contributed by atoms with Crippen LogP contribution in [0.1, 0.15) is 11.4 Å². The summed E-state index contributed by atoms with van der Waals surface area (Å²) in [7, 11) is -3.64. The van der Waals surface area contributed by atoms with Crippen LogP contribution in [0.4, 0.5) is 5.69 Å². The molecule has 2 N–H and O–H groups in total. The molecule has 0 aliphatic rings. The van der Waals surface area contributed by atoms with Crippen molar-refractivity contribution in [3.63, 3.8) is 0 Å². The van der Waals surface area contributed by atoms with Crippen molar-refractivity contribution in [1.29, 1.82) is 0 Å². The molecule has 0 amide bonds. The van der Waals surface area contributed by atoms with Crippen molar-refractivity contribution in [3.05, 3.63) is 23.8 Å². The normalized spacial score (nSPS) is 11.6. The zero-order valence-electron chi connectivity index (χ0n) is 8.68. The third kappa shape index (κ3) is 1.78. The number of nitrogens with zero attached hydrogens (tertiary/aromatic N) is 2. The van der Waals surface area contributed by atoms with Gasteiger partial charge in [0.2, 0.25) is 0 Å². The van der Waals surface area contributed by atoms with E-state index in [1.54, 1.807) is 13.8 Å². The molecule has 7 nitrogen and oxygen atoms in total. The van der Waals surface area contributed by atoms with Gasteiger partial charge in [0.25, 0.3) is 10.0 Å². The quantitative estimate of drug-likeness (QED) is 0.829. The maximum atomic E-state index is 12.0. The first-order chi connectivity index (χ1) is 7.50. The van der Waals surface area contributed by atoms with Crippen LogP contribution in [0.3, 0.4) is 0 Å². The van der Waals surface area contributed by atoms with Gasteiger partial charge in [0, 0.05) is 0 Å². The van der Waals surface area contributed by atoms with E-state index in [4.69, 9.17) is 0 Å². The Bertz CT molecular complexity index is 565. The summed E-state index contributed by atoms with van der Waals surface area (Å²) in [4.78, 5) is 0.147. The van der Waals surface area contributed by atoms with Crippen molar-refractivity contribution in [3.8, 4) is 0 Å². The summed E-state index contributed by atoms with van der Waals surface area (Å²) in [6.07, 6.45) is 2.49. The van der Waals surface area contributed by atoms with E-state index in [-0.39, 0.29) is 10.6 Å². The maximum absolute atomic E-state index is 12.0. The topological polar surface area (TPSA) is 101 Å².